The molecule has 0 bridgehead atoms. The zero-order chi connectivity index (χ0) is 20.0. The van der Waals surface area contributed by atoms with Gasteiger partial charge in [-0.2, -0.15) is 0 Å². The van der Waals surface area contributed by atoms with E-state index in [1.54, 1.807) is 14.0 Å². The lowest BCUT2D eigenvalue weighted by atomic mass is 9.69. The van der Waals surface area contributed by atoms with Gasteiger partial charge in [0.25, 0.3) is 5.56 Å². The molecule has 1 aromatic heterocycles. The topological polar surface area (TPSA) is 95.9 Å². The van der Waals surface area contributed by atoms with Gasteiger partial charge in [-0.25, -0.2) is 0 Å². The Kier molecular flexibility index (Phi) is 5.23. The predicted molar refractivity (Wildman–Crippen MR) is 103 cm³/mol. The number of aryl methyl sites for hydroxylation is 2. The van der Waals surface area contributed by atoms with Gasteiger partial charge in [0.05, 0.1) is 0 Å². The second kappa shape index (κ2) is 7.17. The Balaban J connectivity index is 1.92. The first-order valence-electron chi connectivity index (χ1n) is 9.61. The molecule has 2 unspecified atom stereocenters. The number of anilines is 1. The van der Waals surface area contributed by atoms with Crippen molar-refractivity contribution in [1.29, 1.82) is 0 Å². The molecule has 0 radical (unpaired) electrons. The average molecular weight is 371 g/mol. The van der Waals surface area contributed by atoms with E-state index < -0.39 is 24.2 Å². The third-order valence-electron chi connectivity index (χ3n) is 5.71. The van der Waals surface area contributed by atoms with Gasteiger partial charge in [0.15, 0.2) is 0 Å². The van der Waals surface area contributed by atoms with Gasteiger partial charge in [-0.05, 0) is 35.8 Å². The van der Waals surface area contributed by atoms with E-state index in [0.717, 1.165) is 16.8 Å². The molecule has 148 valence electrons. The van der Waals surface area contributed by atoms with Crippen molar-refractivity contribution in [1.82, 2.24) is 9.78 Å². The molecule has 2 N–H and O–H groups in total. The van der Waals surface area contributed by atoms with Gasteiger partial charge in [-0.3, -0.25) is 14.6 Å². The number of hydrogen-bond acceptors (Lipinski definition) is 4. The van der Waals surface area contributed by atoms with E-state index >= 15 is 0 Å². The largest absolute Gasteiger partial charge is 0.850 e. The number of nitrogens with zero attached hydrogens (tertiary/aromatic N) is 1. The smallest absolute Gasteiger partial charge is 0.269 e. The van der Waals surface area contributed by atoms with Gasteiger partial charge >= 0.3 is 0 Å². The highest BCUT2D eigenvalue weighted by molar-refractivity contribution is 5.61. The fourth-order valence-corrected chi connectivity index (χ4v) is 4.15. The summed E-state index contributed by atoms with van der Waals surface area (Å²) in [7, 11) is 1.60. The van der Waals surface area contributed by atoms with Crippen molar-refractivity contribution in [2.75, 3.05) is 5.32 Å². The predicted octanol–water partition coefficient (Wildman–Crippen LogP) is 1.30. The monoisotopic (exact) mass is 371 g/mol. The second-order valence-electron chi connectivity index (χ2n) is 8.26. The molecular weight excluding hydrogens is 342 g/mol. The van der Waals surface area contributed by atoms with Crippen LogP contribution < -0.4 is 21.1 Å². The molecule has 0 saturated heterocycles. The molecule has 1 heterocycles. The number of aromatic amines is 1. The number of hydrogen-bond donors (Lipinski definition) is 2. The van der Waals surface area contributed by atoms with Crippen molar-refractivity contribution < 1.29 is 10.2 Å². The number of rotatable bonds is 5. The molecule has 0 amide bonds. The summed E-state index contributed by atoms with van der Waals surface area (Å²) in [5.74, 6) is -0.255. The SMILES string of the molecule is Cc1[nH]n(C)c(=O)c1C1C([O-])C(Nc2c(C(C)C)cccc2C(C)C)C1[O-]. The molecule has 1 fully saturated rings. The van der Waals surface area contributed by atoms with Gasteiger partial charge in [0, 0.05) is 30.0 Å². The molecule has 0 aliphatic heterocycles. The maximum absolute atomic E-state index is 12.9. The molecule has 2 aromatic rings. The molecule has 1 aliphatic carbocycles. The molecule has 27 heavy (non-hydrogen) atoms. The van der Waals surface area contributed by atoms with Gasteiger partial charge in [0.2, 0.25) is 0 Å². The minimum Gasteiger partial charge on any atom is -0.850 e. The number of nitrogens with one attached hydrogen (secondary N) is 2. The maximum Gasteiger partial charge on any atom is 0.269 e. The van der Waals surface area contributed by atoms with Crippen molar-refractivity contribution >= 4 is 5.69 Å². The molecule has 6 heteroatoms. The fourth-order valence-electron chi connectivity index (χ4n) is 4.15. The summed E-state index contributed by atoms with van der Waals surface area (Å²) in [5, 5.41) is 32.0. The molecule has 1 aliphatic rings. The lowest BCUT2D eigenvalue weighted by Crippen LogP contribution is -2.72. The van der Waals surface area contributed by atoms with Crippen LogP contribution in [0.5, 0.6) is 0 Å². The Labute approximate surface area is 160 Å². The van der Waals surface area contributed by atoms with E-state index in [2.05, 4.69) is 38.1 Å². The quantitative estimate of drug-likeness (QED) is 0.828. The summed E-state index contributed by atoms with van der Waals surface area (Å²) in [5.41, 5.74) is 3.81. The number of para-hydroxylation sites is 1. The molecule has 3 rings (SSSR count). The van der Waals surface area contributed by atoms with Crippen LogP contribution >= 0.6 is 0 Å². The third-order valence-corrected chi connectivity index (χ3v) is 5.71. The normalized spacial score (nSPS) is 25.1. The summed E-state index contributed by atoms with van der Waals surface area (Å²) in [6.07, 6.45) is -2.29. The molecular formula is C21H29N3O3-2. The third kappa shape index (κ3) is 3.21. The molecule has 2 atom stereocenters. The van der Waals surface area contributed by atoms with E-state index in [-0.39, 0.29) is 17.4 Å². The van der Waals surface area contributed by atoms with Crippen molar-refractivity contribution in [3.8, 4) is 0 Å². The molecule has 1 aromatic carbocycles. The van der Waals surface area contributed by atoms with Crippen molar-refractivity contribution in [3.05, 3.63) is 50.9 Å². The minimum absolute atomic E-state index is 0.275. The van der Waals surface area contributed by atoms with E-state index in [1.165, 1.54) is 4.68 Å². The Morgan fingerprint density at radius 2 is 1.59 bits per heavy atom. The average Bonchev–Trinajstić information content (AvgIpc) is 2.85. The highest BCUT2D eigenvalue weighted by Gasteiger charge is 2.41. The lowest BCUT2D eigenvalue weighted by Gasteiger charge is -2.61. The van der Waals surface area contributed by atoms with Crippen LogP contribution in [0.3, 0.4) is 0 Å². The highest BCUT2D eigenvalue weighted by Crippen LogP contribution is 2.39. The first kappa shape index (κ1) is 19.7. The zero-order valence-electron chi connectivity index (χ0n) is 16.9. The minimum atomic E-state index is -1.14. The lowest BCUT2D eigenvalue weighted by molar-refractivity contribution is -0.530. The Hall–Kier alpha value is -2.05. The summed E-state index contributed by atoms with van der Waals surface area (Å²) in [6, 6.07) is 5.38. The maximum atomic E-state index is 12.9. The van der Waals surface area contributed by atoms with Gasteiger partial charge in [-0.15, -0.1) is 12.2 Å². The summed E-state index contributed by atoms with van der Waals surface area (Å²) < 4.78 is 1.33. The van der Waals surface area contributed by atoms with Gasteiger partial charge in [-0.1, -0.05) is 45.9 Å². The number of aromatic nitrogens is 2. The number of benzene rings is 1. The second-order valence-corrected chi connectivity index (χ2v) is 8.26. The number of H-pyrrole nitrogens is 1. The molecule has 6 nitrogen and oxygen atoms in total. The Morgan fingerprint density at radius 3 is 2.00 bits per heavy atom. The van der Waals surface area contributed by atoms with E-state index in [4.69, 9.17) is 0 Å². The van der Waals surface area contributed by atoms with E-state index in [9.17, 15) is 15.0 Å². The van der Waals surface area contributed by atoms with Crippen LogP contribution in [0.15, 0.2) is 23.0 Å². The summed E-state index contributed by atoms with van der Waals surface area (Å²) in [6.45, 7) is 10.1. The molecule has 1 saturated carbocycles. The van der Waals surface area contributed by atoms with Crippen LogP contribution in [0.4, 0.5) is 5.69 Å². The standard InChI is InChI=1S/C21H29N3O3/c1-10(2)13-8-7-9-14(11(3)4)17(13)22-18-19(25)16(20(18)26)15-12(5)23-24(6)21(15)27/h7-11,16,18-20,22-23H,1-6H3/q-2. The van der Waals surface area contributed by atoms with Crippen LogP contribution in [0.1, 0.15) is 67.8 Å². The van der Waals surface area contributed by atoms with Crippen LogP contribution in [-0.4, -0.2) is 28.0 Å². The highest BCUT2D eigenvalue weighted by atomic mass is 16.3. The Bertz CT molecular complexity index is 845. The van der Waals surface area contributed by atoms with Gasteiger partial charge in [0.1, 0.15) is 0 Å². The van der Waals surface area contributed by atoms with Crippen LogP contribution in [0.2, 0.25) is 0 Å². The van der Waals surface area contributed by atoms with Crippen molar-refractivity contribution in [2.45, 2.75) is 70.6 Å². The van der Waals surface area contributed by atoms with Crippen LogP contribution in [0, 0.1) is 6.92 Å². The van der Waals surface area contributed by atoms with Gasteiger partial charge < -0.3 is 15.5 Å². The van der Waals surface area contributed by atoms with E-state index in [0.29, 0.717) is 11.3 Å². The Morgan fingerprint density at radius 1 is 1.07 bits per heavy atom. The fraction of sp³-hybridized carbons (Fsp3) is 0.571. The first-order valence-corrected chi connectivity index (χ1v) is 9.61. The van der Waals surface area contributed by atoms with Crippen LogP contribution in [-0.2, 0) is 7.05 Å². The van der Waals surface area contributed by atoms with Crippen molar-refractivity contribution in [2.24, 2.45) is 7.05 Å². The van der Waals surface area contributed by atoms with Crippen molar-refractivity contribution in [3.63, 3.8) is 0 Å². The summed E-state index contributed by atoms with van der Waals surface area (Å²) in [4.78, 5) is 12.3. The van der Waals surface area contributed by atoms with E-state index in [1.807, 2.05) is 18.2 Å². The zero-order valence-corrected chi connectivity index (χ0v) is 16.9. The molecule has 0 spiro atoms. The first-order chi connectivity index (χ1) is 12.6. The summed E-state index contributed by atoms with van der Waals surface area (Å²) >= 11 is 0. The van der Waals surface area contributed by atoms with Crippen LogP contribution in [0.25, 0.3) is 0 Å².